The molecule has 4 aliphatic rings. The fourth-order valence-corrected chi connectivity index (χ4v) is 7.57. The number of ether oxygens (including phenoxy) is 3. The average molecular weight is 690 g/mol. The summed E-state index contributed by atoms with van der Waals surface area (Å²) in [5.74, 6) is 1.39. The Morgan fingerprint density at radius 2 is 1.27 bits per heavy atom. The molecule has 10 heteroatoms. The van der Waals surface area contributed by atoms with E-state index in [1.807, 2.05) is 96.0 Å². The second kappa shape index (κ2) is 12.7. The summed E-state index contributed by atoms with van der Waals surface area (Å²) in [6.07, 6.45) is 5.18. The number of anilines is 3. The highest BCUT2D eigenvalue weighted by Gasteiger charge is 2.37. The largest absolute Gasteiger partial charge is 0.493 e. The third kappa shape index (κ3) is 5.43. The van der Waals surface area contributed by atoms with Crippen molar-refractivity contribution in [1.29, 1.82) is 0 Å². The first-order chi connectivity index (χ1) is 25.5. The molecule has 0 aliphatic carbocycles. The van der Waals surface area contributed by atoms with Crippen molar-refractivity contribution in [2.75, 3.05) is 29.3 Å². The molecule has 4 heterocycles. The zero-order chi connectivity index (χ0) is 35.3. The van der Waals surface area contributed by atoms with E-state index in [-0.39, 0.29) is 30.5 Å². The zero-order valence-corrected chi connectivity index (χ0v) is 28.7. The van der Waals surface area contributed by atoms with Crippen molar-refractivity contribution in [2.24, 2.45) is 9.98 Å². The number of amides is 2. The highest BCUT2D eigenvalue weighted by Crippen LogP contribution is 2.42. The van der Waals surface area contributed by atoms with Gasteiger partial charge in [-0.25, -0.2) is 0 Å². The Morgan fingerprint density at radius 3 is 1.90 bits per heavy atom. The normalized spacial score (nSPS) is 17.7. The number of hydrogen-bond donors (Lipinski definition) is 1. The number of hydrogen-bond acceptors (Lipinski definition) is 8. The van der Waals surface area contributed by atoms with Crippen LogP contribution in [-0.2, 0) is 26.1 Å². The van der Waals surface area contributed by atoms with Crippen LogP contribution in [0.2, 0.25) is 0 Å². The monoisotopic (exact) mass is 689 g/mol. The minimum absolute atomic E-state index is 0.0593. The van der Waals surface area contributed by atoms with Crippen molar-refractivity contribution in [3.8, 4) is 17.2 Å². The van der Waals surface area contributed by atoms with Gasteiger partial charge in [0.1, 0.15) is 19.0 Å². The summed E-state index contributed by atoms with van der Waals surface area (Å²) in [6.45, 7) is 0.537. The summed E-state index contributed by atoms with van der Waals surface area (Å²) < 4.78 is 18.3. The van der Waals surface area contributed by atoms with E-state index in [0.717, 1.165) is 52.2 Å². The number of aliphatic imine (C=N–C) groups is 2. The number of methoxy groups -OCH3 is 1. The van der Waals surface area contributed by atoms with Gasteiger partial charge in [0, 0.05) is 61.5 Å². The molecular formula is C42H35N5O5. The Morgan fingerprint density at radius 1 is 0.673 bits per heavy atom. The Labute approximate surface area is 301 Å². The topological polar surface area (TPSA) is 105 Å². The number of benzene rings is 5. The van der Waals surface area contributed by atoms with Crippen molar-refractivity contribution in [3.05, 3.63) is 130 Å². The molecule has 2 amide bonds. The van der Waals surface area contributed by atoms with E-state index in [2.05, 4.69) is 17.4 Å². The molecule has 0 unspecified atom stereocenters. The molecule has 52 heavy (non-hydrogen) atoms. The van der Waals surface area contributed by atoms with Crippen LogP contribution in [0.25, 0.3) is 0 Å². The predicted octanol–water partition coefficient (Wildman–Crippen LogP) is 7.47. The molecule has 258 valence electrons. The summed E-state index contributed by atoms with van der Waals surface area (Å²) in [5.41, 5.74) is 9.05. The van der Waals surface area contributed by atoms with E-state index in [9.17, 15) is 9.59 Å². The van der Waals surface area contributed by atoms with Crippen molar-refractivity contribution in [1.82, 2.24) is 0 Å². The van der Waals surface area contributed by atoms with Crippen LogP contribution in [0.3, 0.4) is 0 Å². The second-order valence-corrected chi connectivity index (χ2v) is 13.3. The highest BCUT2D eigenvalue weighted by molar-refractivity contribution is 6.15. The second-order valence-electron chi connectivity index (χ2n) is 13.3. The van der Waals surface area contributed by atoms with Gasteiger partial charge in [0.05, 0.1) is 41.7 Å². The number of nitrogens with zero attached hydrogens (tertiary/aromatic N) is 4. The number of carbonyl (C=O) groups excluding carboxylic acids is 2. The van der Waals surface area contributed by atoms with Crippen molar-refractivity contribution >= 4 is 52.7 Å². The smallest absolute Gasteiger partial charge is 0.261 e. The minimum atomic E-state index is -0.144. The van der Waals surface area contributed by atoms with Gasteiger partial charge in [-0.3, -0.25) is 29.4 Å². The zero-order valence-electron chi connectivity index (χ0n) is 28.7. The number of nitrogens with one attached hydrogen (secondary N) is 1. The van der Waals surface area contributed by atoms with Crippen LogP contribution in [0, 0.1) is 0 Å². The van der Waals surface area contributed by atoms with Gasteiger partial charge in [-0.15, -0.1) is 0 Å². The Balaban J connectivity index is 0.912. The molecule has 2 atom stereocenters. The Kier molecular flexibility index (Phi) is 7.72. The third-order valence-electron chi connectivity index (χ3n) is 10.1. The van der Waals surface area contributed by atoms with Gasteiger partial charge in [-0.05, 0) is 70.8 Å². The fraction of sp³-hybridized carbons (Fsp3) is 0.190. The van der Waals surface area contributed by atoms with Crippen LogP contribution in [0.1, 0.15) is 43.0 Å². The van der Waals surface area contributed by atoms with Gasteiger partial charge in [0.2, 0.25) is 0 Å². The molecule has 10 nitrogen and oxygen atoms in total. The first-order valence-corrected chi connectivity index (χ1v) is 17.3. The molecule has 0 aromatic heterocycles. The van der Waals surface area contributed by atoms with Gasteiger partial charge in [0.15, 0.2) is 11.5 Å². The van der Waals surface area contributed by atoms with E-state index in [0.29, 0.717) is 46.4 Å². The van der Waals surface area contributed by atoms with Crippen LogP contribution in [0.4, 0.5) is 28.4 Å². The summed E-state index contributed by atoms with van der Waals surface area (Å²) >= 11 is 0. The molecule has 0 spiro atoms. The van der Waals surface area contributed by atoms with Crippen molar-refractivity contribution in [2.45, 2.75) is 38.1 Å². The van der Waals surface area contributed by atoms with Gasteiger partial charge < -0.3 is 19.5 Å². The minimum Gasteiger partial charge on any atom is -0.493 e. The van der Waals surface area contributed by atoms with Gasteiger partial charge in [-0.1, -0.05) is 36.4 Å². The third-order valence-corrected chi connectivity index (χ3v) is 10.1. The molecule has 4 aliphatic heterocycles. The maximum Gasteiger partial charge on any atom is 0.261 e. The van der Waals surface area contributed by atoms with Crippen molar-refractivity contribution in [3.63, 3.8) is 0 Å². The van der Waals surface area contributed by atoms with Crippen LogP contribution in [0.15, 0.2) is 107 Å². The van der Waals surface area contributed by atoms with Crippen molar-refractivity contribution < 1.29 is 23.8 Å². The Hall–Kier alpha value is -6.42. The standard InChI is InChI=1S/C42H35N5O5/c1-43-29-14-25(23-51-32-11-12-33-35(18-32)44-21-30-16-27-7-3-5-9-37(27)46(30)41(33)48)13-26(15-29)24-52-40-20-36-34(19-39(40)50-2)42(49)47-31(22-45-36)17-28-8-4-6-10-38(28)47/h3-15,18-22,30-31,43H,16-17,23-24H2,1-2H3/t30-,31-/m0/s1. The summed E-state index contributed by atoms with van der Waals surface area (Å²) in [4.78, 5) is 40.5. The van der Waals surface area contributed by atoms with Gasteiger partial charge in [-0.2, -0.15) is 0 Å². The maximum absolute atomic E-state index is 13.8. The van der Waals surface area contributed by atoms with Crippen LogP contribution in [0.5, 0.6) is 17.2 Å². The number of para-hydroxylation sites is 2. The molecule has 5 aromatic rings. The lowest BCUT2D eigenvalue weighted by Crippen LogP contribution is -2.37. The first-order valence-electron chi connectivity index (χ1n) is 17.3. The lowest BCUT2D eigenvalue weighted by Gasteiger charge is -2.22. The molecule has 0 bridgehead atoms. The predicted molar refractivity (Wildman–Crippen MR) is 202 cm³/mol. The van der Waals surface area contributed by atoms with E-state index in [1.54, 1.807) is 25.3 Å². The molecule has 0 saturated heterocycles. The van der Waals surface area contributed by atoms with Gasteiger partial charge in [0.25, 0.3) is 11.8 Å². The summed E-state index contributed by atoms with van der Waals surface area (Å²) in [5, 5.41) is 3.23. The summed E-state index contributed by atoms with van der Waals surface area (Å²) in [6, 6.07) is 30.7. The van der Waals surface area contributed by atoms with Crippen LogP contribution < -0.4 is 29.3 Å². The highest BCUT2D eigenvalue weighted by atomic mass is 16.5. The van der Waals surface area contributed by atoms with Crippen LogP contribution >= 0.6 is 0 Å². The summed E-state index contributed by atoms with van der Waals surface area (Å²) in [7, 11) is 3.43. The first kappa shape index (κ1) is 31.6. The van der Waals surface area contributed by atoms with Gasteiger partial charge >= 0.3 is 0 Å². The molecule has 0 saturated carbocycles. The van der Waals surface area contributed by atoms with E-state index in [1.165, 1.54) is 0 Å². The lowest BCUT2D eigenvalue weighted by atomic mass is 10.1. The fourth-order valence-electron chi connectivity index (χ4n) is 7.57. The maximum atomic E-state index is 13.8. The Bertz CT molecular complexity index is 2330. The van der Waals surface area contributed by atoms with Crippen LogP contribution in [-0.4, -0.2) is 50.5 Å². The number of carbonyl (C=O) groups is 2. The molecule has 0 fully saturated rings. The number of fused-ring (bicyclic) bond motifs is 8. The lowest BCUT2D eigenvalue weighted by molar-refractivity contribution is 0.0979. The molecular weight excluding hydrogens is 654 g/mol. The molecule has 1 N–H and O–H groups in total. The van der Waals surface area contributed by atoms with E-state index < -0.39 is 0 Å². The van der Waals surface area contributed by atoms with E-state index >= 15 is 0 Å². The molecule has 0 radical (unpaired) electrons. The van der Waals surface area contributed by atoms with E-state index in [4.69, 9.17) is 24.2 Å². The molecule has 9 rings (SSSR count). The quantitative estimate of drug-likeness (QED) is 0.181. The molecule has 5 aromatic carbocycles. The SMILES string of the molecule is CNc1cc(COc2ccc3c(c2)N=C[C@@H]2Cc4ccccc4N2C3=O)cc(COc2cc3c(cc2OC)C(=O)N2c4ccccc4C[C@H]2C=N3)c1. The average Bonchev–Trinajstić information content (AvgIpc) is 3.67. The number of rotatable bonds is 8.